The monoisotopic (exact) mass is 393 g/mol. The van der Waals surface area contributed by atoms with Crippen LogP contribution in [0.25, 0.3) is 0 Å². The molecule has 1 heterocycles. The first-order chi connectivity index (χ1) is 13.3. The summed E-state index contributed by atoms with van der Waals surface area (Å²) >= 11 is 0. The average Bonchev–Trinajstić information content (AvgIpc) is 2.67. The quantitative estimate of drug-likeness (QED) is 0.589. The number of anilines is 1. The Morgan fingerprint density at radius 2 is 1.68 bits per heavy atom. The van der Waals surface area contributed by atoms with Crippen LogP contribution in [0.5, 0.6) is 0 Å². The second-order valence-electron chi connectivity index (χ2n) is 6.49. The van der Waals surface area contributed by atoms with Gasteiger partial charge in [-0.1, -0.05) is 30.3 Å². The van der Waals surface area contributed by atoms with Gasteiger partial charge in [-0.2, -0.15) is 13.2 Å². The van der Waals surface area contributed by atoms with E-state index in [4.69, 9.17) is 0 Å². The van der Waals surface area contributed by atoms with Crippen LogP contribution in [-0.4, -0.2) is 41.9 Å². The Morgan fingerprint density at radius 3 is 2.25 bits per heavy atom. The van der Waals surface area contributed by atoms with Crippen molar-refractivity contribution >= 4 is 17.3 Å². The first-order valence-electron chi connectivity index (χ1n) is 8.68. The van der Waals surface area contributed by atoms with E-state index in [2.05, 4.69) is 0 Å². The van der Waals surface area contributed by atoms with E-state index < -0.39 is 22.4 Å². The highest BCUT2D eigenvalue weighted by Crippen LogP contribution is 2.36. The van der Waals surface area contributed by atoms with Crippen LogP contribution < -0.4 is 4.90 Å². The highest BCUT2D eigenvalue weighted by atomic mass is 19.4. The third-order valence-corrected chi connectivity index (χ3v) is 4.67. The number of carbonyl (C=O) groups excluding carboxylic acids is 1. The molecule has 28 heavy (non-hydrogen) atoms. The zero-order chi connectivity index (χ0) is 20.3. The van der Waals surface area contributed by atoms with Crippen molar-refractivity contribution < 1.29 is 22.9 Å². The van der Waals surface area contributed by atoms with Gasteiger partial charge in [0.05, 0.1) is 16.9 Å². The maximum absolute atomic E-state index is 12.8. The van der Waals surface area contributed by atoms with Gasteiger partial charge in [-0.15, -0.1) is 0 Å². The maximum Gasteiger partial charge on any atom is 0.416 e. The second-order valence-corrected chi connectivity index (χ2v) is 6.49. The lowest BCUT2D eigenvalue weighted by molar-refractivity contribution is -0.384. The second kappa shape index (κ2) is 7.87. The summed E-state index contributed by atoms with van der Waals surface area (Å²) in [5.41, 5.74) is -0.611. The van der Waals surface area contributed by atoms with E-state index in [9.17, 15) is 28.1 Å². The number of halogens is 3. The Hall–Kier alpha value is -3.10. The van der Waals surface area contributed by atoms with Crippen LogP contribution in [0.1, 0.15) is 11.1 Å². The number of nitro groups is 1. The van der Waals surface area contributed by atoms with E-state index >= 15 is 0 Å². The lowest BCUT2D eigenvalue weighted by atomic mass is 10.1. The van der Waals surface area contributed by atoms with Gasteiger partial charge in [-0.3, -0.25) is 14.9 Å². The fourth-order valence-corrected chi connectivity index (χ4v) is 3.19. The van der Waals surface area contributed by atoms with Crippen molar-refractivity contribution in [1.29, 1.82) is 0 Å². The van der Waals surface area contributed by atoms with Gasteiger partial charge in [0.25, 0.3) is 5.69 Å². The fourth-order valence-electron chi connectivity index (χ4n) is 3.19. The zero-order valence-electron chi connectivity index (χ0n) is 14.9. The van der Waals surface area contributed by atoms with E-state index in [1.807, 2.05) is 30.3 Å². The number of hydrogen-bond donors (Lipinski definition) is 0. The fraction of sp³-hybridized carbons (Fsp3) is 0.316. The lowest BCUT2D eigenvalue weighted by Gasteiger charge is -2.36. The Morgan fingerprint density at radius 1 is 1.04 bits per heavy atom. The van der Waals surface area contributed by atoms with Crippen molar-refractivity contribution in [3.63, 3.8) is 0 Å². The van der Waals surface area contributed by atoms with E-state index in [0.29, 0.717) is 32.2 Å². The predicted octanol–water partition coefficient (Wildman–Crippen LogP) is 3.50. The number of alkyl halides is 3. The molecule has 1 saturated heterocycles. The molecule has 1 aliphatic heterocycles. The summed E-state index contributed by atoms with van der Waals surface area (Å²) in [4.78, 5) is 26.2. The SMILES string of the molecule is O=C(Cc1ccccc1)N1CCN(c2ccc(C(F)(F)F)cc2[N+](=O)[O-])CC1. The van der Waals surface area contributed by atoms with E-state index in [-0.39, 0.29) is 18.0 Å². The molecule has 9 heteroatoms. The average molecular weight is 393 g/mol. The molecule has 0 atom stereocenters. The van der Waals surface area contributed by atoms with Crippen LogP contribution in [0.4, 0.5) is 24.5 Å². The lowest BCUT2D eigenvalue weighted by Crippen LogP contribution is -2.49. The molecule has 148 valence electrons. The van der Waals surface area contributed by atoms with Gasteiger partial charge in [-0.25, -0.2) is 0 Å². The summed E-state index contributed by atoms with van der Waals surface area (Å²) in [6.07, 6.45) is -4.38. The Bertz CT molecular complexity index is 864. The third-order valence-electron chi connectivity index (χ3n) is 4.67. The Balaban J connectivity index is 1.69. The molecule has 2 aromatic carbocycles. The molecule has 0 radical (unpaired) electrons. The van der Waals surface area contributed by atoms with Crippen LogP contribution in [0.15, 0.2) is 48.5 Å². The van der Waals surface area contributed by atoms with Crippen LogP contribution >= 0.6 is 0 Å². The predicted molar refractivity (Wildman–Crippen MR) is 97.0 cm³/mol. The number of nitro benzene ring substituents is 1. The minimum atomic E-state index is -4.65. The molecule has 2 aromatic rings. The van der Waals surface area contributed by atoms with E-state index in [1.165, 1.54) is 0 Å². The topological polar surface area (TPSA) is 66.7 Å². The standard InChI is InChI=1S/C19H18F3N3O3/c20-19(21,22)15-6-7-16(17(13-15)25(27)28)23-8-10-24(11-9-23)18(26)12-14-4-2-1-3-5-14/h1-7,13H,8-12H2. The molecule has 0 spiro atoms. The largest absolute Gasteiger partial charge is 0.416 e. The normalized spacial score (nSPS) is 14.8. The molecule has 1 amide bonds. The number of nitrogens with zero attached hydrogens (tertiary/aromatic N) is 3. The first-order valence-corrected chi connectivity index (χ1v) is 8.68. The van der Waals surface area contributed by atoms with Crippen LogP contribution in [0.3, 0.4) is 0 Å². The number of hydrogen-bond acceptors (Lipinski definition) is 4. The van der Waals surface area contributed by atoms with Gasteiger partial charge in [0.15, 0.2) is 0 Å². The van der Waals surface area contributed by atoms with Gasteiger partial charge in [0.2, 0.25) is 5.91 Å². The molecular weight excluding hydrogens is 375 g/mol. The van der Waals surface area contributed by atoms with Gasteiger partial charge in [-0.05, 0) is 17.7 Å². The van der Waals surface area contributed by atoms with Crippen molar-refractivity contribution in [3.8, 4) is 0 Å². The minimum absolute atomic E-state index is 0.0484. The molecule has 6 nitrogen and oxygen atoms in total. The van der Waals surface area contributed by atoms with E-state index in [1.54, 1.807) is 9.80 Å². The number of amides is 1. The first kappa shape index (κ1) is 19.7. The summed E-state index contributed by atoms with van der Waals surface area (Å²) in [6, 6.07) is 11.8. The summed E-state index contributed by atoms with van der Waals surface area (Å²) < 4.78 is 38.5. The minimum Gasteiger partial charge on any atom is -0.362 e. The van der Waals surface area contributed by atoms with Gasteiger partial charge in [0.1, 0.15) is 5.69 Å². The molecule has 0 aromatic heterocycles. The molecule has 0 unspecified atom stereocenters. The maximum atomic E-state index is 12.8. The molecule has 3 rings (SSSR count). The molecule has 1 aliphatic rings. The van der Waals surface area contributed by atoms with Crippen molar-refractivity contribution in [2.24, 2.45) is 0 Å². The summed E-state index contributed by atoms with van der Waals surface area (Å²) in [7, 11) is 0. The van der Waals surface area contributed by atoms with Crippen LogP contribution in [0, 0.1) is 10.1 Å². The summed E-state index contributed by atoms with van der Waals surface area (Å²) in [6.45, 7) is 1.33. The van der Waals surface area contributed by atoms with Crippen molar-refractivity contribution in [2.45, 2.75) is 12.6 Å². The van der Waals surface area contributed by atoms with E-state index in [0.717, 1.165) is 17.7 Å². The number of piperazine rings is 1. The van der Waals surface area contributed by atoms with Crippen molar-refractivity contribution in [2.75, 3.05) is 31.1 Å². The third kappa shape index (κ3) is 4.41. The molecule has 0 aliphatic carbocycles. The molecular formula is C19H18F3N3O3. The Labute approximate surface area is 159 Å². The van der Waals surface area contributed by atoms with Crippen molar-refractivity contribution in [1.82, 2.24) is 4.90 Å². The van der Waals surface area contributed by atoms with Crippen LogP contribution in [-0.2, 0) is 17.4 Å². The molecule has 0 N–H and O–H groups in total. The number of carbonyl (C=O) groups is 1. The van der Waals surface area contributed by atoms with Crippen molar-refractivity contribution in [3.05, 3.63) is 69.8 Å². The zero-order valence-corrected chi connectivity index (χ0v) is 14.9. The molecule has 0 saturated carbocycles. The highest BCUT2D eigenvalue weighted by molar-refractivity contribution is 5.79. The number of benzene rings is 2. The van der Waals surface area contributed by atoms with Gasteiger partial charge in [0, 0.05) is 32.2 Å². The summed E-state index contributed by atoms with van der Waals surface area (Å²) in [5.74, 6) is -0.0484. The number of rotatable bonds is 4. The molecule has 0 bridgehead atoms. The Kier molecular flexibility index (Phi) is 5.53. The van der Waals surface area contributed by atoms with Gasteiger partial charge < -0.3 is 9.80 Å². The van der Waals surface area contributed by atoms with Crippen LogP contribution in [0.2, 0.25) is 0 Å². The smallest absolute Gasteiger partial charge is 0.362 e. The molecule has 1 fully saturated rings. The highest BCUT2D eigenvalue weighted by Gasteiger charge is 2.34. The summed E-state index contributed by atoms with van der Waals surface area (Å²) in [5, 5.41) is 11.3. The van der Waals surface area contributed by atoms with Gasteiger partial charge >= 0.3 is 6.18 Å².